The number of para-hydroxylation sites is 1. The number of thioether (sulfide) groups is 1. The van der Waals surface area contributed by atoms with Crippen LogP contribution in [0, 0.1) is 0 Å². The van der Waals surface area contributed by atoms with Crippen molar-refractivity contribution in [2.24, 2.45) is 0 Å². The smallest absolute Gasteiger partial charge is 0.262 e. The second kappa shape index (κ2) is 7.98. The molecule has 0 aliphatic carbocycles. The van der Waals surface area contributed by atoms with Gasteiger partial charge in [-0.25, -0.2) is 4.98 Å². The van der Waals surface area contributed by atoms with Gasteiger partial charge >= 0.3 is 0 Å². The van der Waals surface area contributed by atoms with Gasteiger partial charge in [0.1, 0.15) is 0 Å². The number of benzene rings is 2. The van der Waals surface area contributed by atoms with E-state index in [1.807, 2.05) is 61.5 Å². The van der Waals surface area contributed by atoms with E-state index in [9.17, 15) is 4.79 Å². The van der Waals surface area contributed by atoms with Crippen LogP contribution in [-0.2, 0) is 5.75 Å². The van der Waals surface area contributed by atoms with Crippen molar-refractivity contribution in [1.29, 1.82) is 0 Å². The Morgan fingerprint density at radius 1 is 1.07 bits per heavy atom. The van der Waals surface area contributed by atoms with Gasteiger partial charge in [0.15, 0.2) is 5.16 Å². The maximum atomic E-state index is 13.0. The first-order chi connectivity index (χ1) is 13.7. The zero-order valence-corrected chi connectivity index (χ0v) is 16.5. The summed E-state index contributed by atoms with van der Waals surface area (Å²) in [5.41, 5.74) is 1.56. The van der Waals surface area contributed by atoms with Crippen LogP contribution in [0.3, 0.4) is 0 Å². The monoisotopic (exact) mass is 392 g/mol. The van der Waals surface area contributed by atoms with Crippen LogP contribution in [0.1, 0.15) is 32.2 Å². The molecule has 2 heterocycles. The molecule has 0 spiro atoms. The van der Waals surface area contributed by atoms with Crippen molar-refractivity contribution in [2.45, 2.75) is 37.2 Å². The van der Waals surface area contributed by atoms with E-state index in [1.54, 1.807) is 4.57 Å². The normalized spacial score (nSPS) is 12.4. The topological polar surface area (TPSA) is 73.8 Å². The van der Waals surface area contributed by atoms with Crippen molar-refractivity contribution in [3.8, 4) is 11.5 Å². The van der Waals surface area contributed by atoms with Crippen molar-refractivity contribution >= 4 is 22.7 Å². The summed E-state index contributed by atoms with van der Waals surface area (Å²) in [4.78, 5) is 17.7. The van der Waals surface area contributed by atoms with Crippen LogP contribution in [0.25, 0.3) is 22.4 Å². The predicted octanol–water partition coefficient (Wildman–Crippen LogP) is 4.71. The fraction of sp³-hybridized carbons (Fsp3) is 0.238. The van der Waals surface area contributed by atoms with Gasteiger partial charge in [-0.3, -0.25) is 9.36 Å². The van der Waals surface area contributed by atoms with E-state index in [1.165, 1.54) is 11.8 Å². The Morgan fingerprint density at radius 2 is 1.82 bits per heavy atom. The number of aromatic nitrogens is 4. The minimum Gasteiger partial charge on any atom is -0.420 e. The standard InChI is InChI=1S/C21H20N4O2S/c1-3-14(2)25-20(26)16-11-7-8-12-17(16)22-21(25)28-13-18-23-24-19(27-18)15-9-5-4-6-10-15/h4-12,14H,3,13H2,1-2H3/t14-/m1/s1. The lowest BCUT2D eigenvalue weighted by atomic mass is 10.2. The third-order valence-electron chi connectivity index (χ3n) is 4.62. The molecule has 2 aromatic heterocycles. The molecule has 4 aromatic rings. The molecule has 0 amide bonds. The first-order valence-corrected chi connectivity index (χ1v) is 10.2. The van der Waals surface area contributed by atoms with E-state index in [-0.39, 0.29) is 11.6 Å². The minimum absolute atomic E-state index is 0.0158. The molecular formula is C21H20N4O2S. The van der Waals surface area contributed by atoms with E-state index < -0.39 is 0 Å². The summed E-state index contributed by atoms with van der Waals surface area (Å²) >= 11 is 1.44. The average Bonchev–Trinajstić information content (AvgIpc) is 3.21. The number of rotatable bonds is 6. The highest BCUT2D eigenvalue weighted by Gasteiger charge is 2.17. The van der Waals surface area contributed by atoms with Crippen molar-refractivity contribution in [1.82, 2.24) is 19.7 Å². The van der Waals surface area contributed by atoms with Crippen molar-refractivity contribution in [3.05, 3.63) is 70.8 Å². The molecule has 0 saturated heterocycles. The van der Waals surface area contributed by atoms with Crippen LogP contribution in [0.2, 0.25) is 0 Å². The van der Waals surface area contributed by atoms with E-state index in [4.69, 9.17) is 9.40 Å². The summed E-state index contributed by atoms with van der Waals surface area (Å²) in [6.07, 6.45) is 0.839. The third-order valence-corrected chi connectivity index (χ3v) is 5.56. The van der Waals surface area contributed by atoms with Crippen LogP contribution in [-0.4, -0.2) is 19.7 Å². The van der Waals surface area contributed by atoms with Crippen LogP contribution < -0.4 is 5.56 Å². The molecule has 0 unspecified atom stereocenters. The Balaban J connectivity index is 1.64. The lowest BCUT2D eigenvalue weighted by molar-refractivity contribution is 0.467. The minimum atomic E-state index is -0.0158. The molecule has 0 N–H and O–H groups in total. The lowest BCUT2D eigenvalue weighted by Gasteiger charge is -2.17. The number of hydrogen-bond donors (Lipinski definition) is 0. The Hall–Kier alpha value is -2.93. The average molecular weight is 392 g/mol. The largest absolute Gasteiger partial charge is 0.420 e. The molecule has 0 fully saturated rings. The van der Waals surface area contributed by atoms with Crippen molar-refractivity contribution in [3.63, 3.8) is 0 Å². The molecule has 0 aliphatic rings. The van der Waals surface area contributed by atoms with Gasteiger partial charge in [0.25, 0.3) is 5.56 Å². The molecular weight excluding hydrogens is 372 g/mol. The maximum absolute atomic E-state index is 13.0. The second-order valence-corrected chi connectivity index (χ2v) is 7.44. The van der Waals surface area contributed by atoms with Gasteiger partial charge in [-0.05, 0) is 37.6 Å². The molecule has 1 atom stereocenters. The molecule has 0 saturated carbocycles. The maximum Gasteiger partial charge on any atom is 0.262 e. The summed E-state index contributed by atoms with van der Waals surface area (Å²) < 4.78 is 7.54. The van der Waals surface area contributed by atoms with Crippen LogP contribution in [0.5, 0.6) is 0 Å². The quantitative estimate of drug-likeness (QED) is 0.349. The molecule has 0 aliphatic heterocycles. The van der Waals surface area contributed by atoms with Gasteiger partial charge in [-0.15, -0.1) is 10.2 Å². The molecule has 0 bridgehead atoms. The Labute approximate surface area is 166 Å². The molecule has 28 heavy (non-hydrogen) atoms. The van der Waals surface area contributed by atoms with E-state index in [0.29, 0.717) is 33.6 Å². The van der Waals surface area contributed by atoms with E-state index in [0.717, 1.165) is 12.0 Å². The zero-order chi connectivity index (χ0) is 19.5. The van der Waals surface area contributed by atoms with Crippen LogP contribution in [0.4, 0.5) is 0 Å². The molecule has 0 radical (unpaired) electrons. The first kappa shape index (κ1) is 18.4. The fourth-order valence-corrected chi connectivity index (χ4v) is 3.87. The van der Waals surface area contributed by atoms with Gasteiger partial charge in [0.05, 0.1) is 16.7 Å². The highest BCUT2D eigenvalue weighted by molar-refractivity contribution is 7.98. The predicted molar refractivity (Wildman–Crippen MR) is 110 cm³/mol. The molecule has 4 rings (SSSR count). The van der Waals surface area contributed by atoms with Crippen LogP contribution in [0.15, 0.2) is 69.0 Å². The number of nitrogens with zero attached hydrogens (tertiary/aromatic N) is 4. The Morgan fingerprint density at radius 3 is 2.61 bits per heavy atom. The van der Waals surface area contributed by atoms with Gasteiger partial charge in [0.2, 0.25) is 11.8 Å². The van der Waals surface area contributed by atoms with Gasteiger partial charge < -0.3 is 4.42 Å². The van der Waals surface area contributed by atoms with Crippen molar-refractivity contribution in [2.75, 3.05) is 0 Å². The summed E-state index contributed by atoms with van der Waals surface area (Å²) in [5, 5.41) is 9.56. The van der Waals surface area contributed by atoms with Crippen molar-refractivity contribution < 1.29 is 4.42 Å². The number of hydrogen-bond acceptors (Lipinski definition) is 6. The third kappa shape index (κ3) is 3.57. The summed E-state index contributed by atoms with van der Waals surface area (Å²) in [7, 11) is 0. The van der Waals surface area contributed by atoms with Gasteiger partial charge in [-0.2, -0.15) is 0 Å². The fourth-order valence-electron chi connectivity index (χ4n) is 2.93. The lowest BCUT2D eigenvalue weighted by Crippen LogP contribution is -2.26. The molecule has 6 nitrogen and oxygen atoms in total. The van der Waals surface area contributed by atoms with E-state index in [2.05, 4.69) is 17.1 Å². The summed E-state index contributed by atoms with van der Waals surface area (Å²) in [6, 6.07) is 17.1. The van der Waals surface area contributed by atoms with Gasteiger partial charge in [0, 0.05) is 11.6 Å². The Kier molecular flexibility index (Phi) is 5.25. The molecule has 2 aromatic carbocycles. The molecule has 7 heteroatoms. The second-order valence-electron chi connectivity index (χ2n) is 6.50. The first-order valence-electron chi connectivity index (χ1n) is 9.19. The SMILES string of the molecule is CC[C@@H](C)n1c(SCc2nnc(-c3ccccc3)o2)nc2ccccc2c1=O. The van der Waals surface area contributed by atoms with Gasteiger partial charge in [-0.1, -0.05) is 49.0 Å². The summed E-state index contributed by atoms with van der Waals surface area (Å²) in [5.74, 6) is 1.44. The highest BCUT2D eigenvalue weighted by atomic mass is 32.2. The van der Waals surface area contributed by atoms with E-state index >= 15 is 0 Å². The molecule has 142 valence electrons. The van der Waals surface area contributed by atoms with Crippen LogP contribution >= 0.6 is 11.8 Å². The number of fused-ring (bicyclic) bond motifs is 1. The highest BCUT2D eigenvalue weighted by Crippen LogP contribution is 2.26. The zero-order valence-electron chi connectivity index (χ0n) is 15.7. The summed E-state index contributed by atoms with van der Waals surface area (Å²) in [6.45, 7) is 4.09. The Bertz CT molecular complexity index is 1150.